The van der Waals surface area contributed by atoms with E-state index in [0.29, 0.717) is 0 Å². The highest BCUT2D eigenvalue weighted by atomic mass is 32.2. The Kier molecular flexibility index (Phi) is 3.92. The summed E-state index contributed by atoms with van der Waals surface area (Å²) in [6.07, 6.45) is 4.15. The zero-order valence-electron chi connectivity index (χ0n) is 9.79. The zero-order chi connectivity index (χ0) is 12.1. The molecule has 0 amide bonds. The molecule has 17 heavy (non-hydrogen) atoms. The Morgan fingerprint density at radius 1 is 1.29 bits per heavy atom. The summed E-state index contributed by atoms with van der Waals surface area (Å²) in [5.74, 6) is 0.839. The predicted octanol–water partition coefficient (Wildman–Crippen LogP) is 1.58. The molecule has 2 heterocycles. The molecule has 2 rings (SSSR count). The molecule has 0 aliphatic rings. The fourth-order valence-corrected chi connectivity index (χ4v) is 1.95. The van der Waals surface area contributed by atoms with Gasteiger partial charge in [0.05, 0.1) is 0 Å². The normalized spacial score (nSPS) is 10.5. The molecule has 7 heteroatoms. The van der Waals surface area contributed by atoms with Crippen molar-refractivity contribution in [3.8, 4) is 0 Å². The highest BCUT2D eigenvalue weighted by molar-refractivity contribution is 7.99. The van der Waals surface area contributed by atoms with Gasteiger partial charge < -0.3 is 5.32 Å². The molecule has 0 aliphatic carbocycles. The minimum atomic E-state index is 0.810. The molecular weight excluding hydrogens is 236 g/mol. The molecule has 0 saturated heterocycles. The molecule has 0 aromatic carbocycles. The molecule has 90 valence electrons. The van der Waals surface area contributed by atoms with Crippen LogP contribution in [0.1, 0.15) is 13.3 Å². The lowest BCUT2D eigenvalue weighted by atomic mass is 10.4. The van der Waals surface area contributed by atoms with Gasteiger partial charge >= 0.3 is 0 Å². The van der Waals surface area contributed by atoms with Gasteiger partial charge in [0.15, 0.2) is 5.16 Å². The summed E-state index contributed by atoms with van der Waals surface area (Å²) in [7, 11) is 1.85. The third kappa shape index (κ3) is 3.16. The first-order valence-corrected chi connectivity index (χ1v) is 6.19. The van der Waals surface area contributed by atoms with Gasteiger partial charge in [0.2, 0.25) is 0 Å². The minimum absolute atomic E-state index is 0.810. The second-order valence-corrected chi connectivity index (χ2v) is 4.42. The number of aromatic nitrogens is 5. The molecule has 0 radical (unpaired) electrons. The van der Waals surface area contributed by atoms with Gasteiger partial charge in [-0.1, -0.05) is 6.92 Å². The molecule has 0 fully saturated rings. The average molecular weight is 250 g/mol. The van der Waals surface area contributed by atoms with Gasteiger partial charge in [-0.2, -0.15) is 5.10 Å². The predicted molar refractivity (Wildman–Crippen MR) is 65.9 cm³/mol. The van der Waals surface area contributed by atoms with Crippen LogP contribution in [0.3, 0.4) is 0 Å². The van der Waals surface area contributed by atoms with E-state index in [0.717, 1.165) is 29.0 Å². The van der Waals surface area contributed by atoms with E-state index >= 15 is 0 Å². The Bertz CT molecular complexity index is 483. The number of rotatable bonds is 5. The second-order valence-electron chi connectivity index (χ2n) is 3.44. The minimum Gasteiger partial charge on any atom is -0.370 e. The third-order valence-corrected chi connectivity index (χ3v) is 3.05. The summed E-state index contributed by atoms with van der Waals surface area (Å²) < 4.78 is 1.71. The van der Waals surface area contributed by atoms with Gasteiger partial charge in [-0.25, -0.2) is 19.6 Å². The second kappa shape index (κ2) is 5.62. The van der Waals surface area contributed by atoms with Gasteiger partial charge in [-0.05, 0) is 18.2 Å². The first-order valence-electron chi connectivity index (χ1n) is 5.37. The summed E-state index contributed by atoms with van der Waals surface area (Å²) in [6, 6.07) is 1.91. The van der Waals surface area contributed by atoms with Gasteiger partial charge in [0, 0.05) is 19.7 Å². The number of hydrogen-bond acceptors (Lipinski definition) is 6. The lowest BCUT2D eigenvalue weighted by Crippen LogP contribution is -2.02. The van der Waals surface area contributed by atoms with Crippen LogP contribution < -0.4 is 5.32 Å². The molecule has 0 saturated carbocycles. The van der Waals surface area contributed by atoms with Crippen LogP contribution in [0, 0.1) is 0 Å². The largest absolute Gasteiger partial charge is 0.370 e. The Labute approximate surface area is 104 Å². The maximum absolute atomic E-state index is 4.19. The standard InChI is InChI=1S/C10H14N6S/c1-3-4-11-8-5-9(13-6-12-8)17-10-14-7-15-16(10)2/h5-7H,3-4H2,1-2H3,(H,11,12,13). The van der Waals surface area contributed by atoms with Crippen LogP contribution in [0.5, 0.6) is 0 Å². The summed E-state index contributed by atoms with van der Waals surface area (Å²) in [5.41, 5.74) is 0. The maximum atomic E-state index is 4.19. The maximum Gasteiger partial charge on any atom is 0.192 e. The van der Waals surface area contributed by atoms with Crippen molar-refractivity contribution in [2.75, 3.05) is 11.9 Å². The van der Waals surface area contributed by atoms with Crippen LogP contribution in [0.2, 0.25) is 0 Å². The number of nitrogens with one attached hydrogen (secondary N) is 1. The Morgan fingerprint density at radius 2 is 2.18 bits per heavy atom. The van der Waals surface area contributed by atoms with E-state index < -0.39 is 0 Å². The van der Waals surface area contributed by atoms with E-state index in [4.69, 9.17) is 0 Å². The van der Waals surface area contributed by atoms with Crippen molar-refractivity contribution in [3.63, 3.8) is 0 Å². The Hall–Kier alpha value is -1.63. The molecule has 6 nitrogen and oxygen atoms in total. The molecule has 0 unspecified atom stereocenters. The van der Waals surface area contributed by atoms with Crippen LogP contribution in [-0.4, -0.2) is 31.3 Å². The van der Waals surface area contributed by atoms with Gasteiger partial charge in [0.25, 0.3) is 0 Å². The molecular formula is C10H14N6S. The fourth-order valence-electron chi connectivity index (χ4n) is 1.22. The Balaban J connectivity index is 2.08. The van der Waals surface area contributed by atoms with Crippen LogP contribution in [0.25, 0.3) is 0 Å². The van der Waals surface area contributed by atoms with Gasteiger partial charge in [0.1, 0.15) is 23.5 Å². The number of hydrogen-bond donors (Lipinski definition) is 1. The molecule has 2 aromatic heterocycles. The topological polar surface area (TPSA) is 68.5 Å². The number of aryl methyl sites for hydroxylation is 1. The highest BCUT2D eigenvalue weighted by Crippen LogP contribution is 2.23. The third-order valence-electron chi connectivity index (χ3n) is 2.06. The van der Waals surface area contributed by atoms with Gasteiger partial charge in [-0.3, -0.25) is 0 Å². The van der Waals surface area contributed by atoms with E-state index in [-0.39, 0.29) is 0 Å². The Morgan fingerprint density at radius 3 is 2.88 bits per heavy atom. The van der Waals surface area contributed by atoms with Crippen molar-refractivity contribution < 1.29 is 0 Å². The molecule has 0 atom stereocenters. The zero-order valence-corrected chi connectivity index (χ0v) is 10.6. The van der Waals surface area contributed by atoms with Crippen LogP contribution in [-0.2, 0) is 7.05 Å². The van der Waals surface area contributed by atoms with E-state index in [9.17, 15) is 0 Å². The highest BCUT2D eigenvalue weighted by Gasteiger charge is 2.05. The van der Waals surface area contributed by atoms with Crippen molar-refractivity contribution in [3.05, 3.63) is 18.7 Å². The molecule has 2 aromatic rings. The summed E-state index contributed by atoms with van der Waals surface area (Å²) in [5, 5.41) is 8.90. The lowest BCUT2D eigenvalue weighted by molar-refractivity contribution is 0.684. The summed E-state index contributed by atoms with van der Waals surface area (Å²) >= 11 is 1.47. The summed E-state index contributed by atoms with van der Waals surface area (Å²) in [6.45, 7) is 3.02. The summed E-state index contributed by atoms with van der Waals surface area (Å²) in [4.78, 5) is 12.5. The van der Waals surface area contributed by atoms with Crippen molar-refractivity contribution in [1.82, 2.24) is 24.7 Å². The quantitative estimate of drug-likeness (QED) is 0.812. The smallest absolute Gasteiger partial charge is 0.192 e. The van der Waals surface area contributed by atoms with E-state index in [1.807, 2.05) is 13.1 Å². The van der Waals surface area contributed by atoms with Crippen molar-refractivity contribution in [1.29, 1.82) is 0 Å². The molecule has 0 aliphatic heterocycles. The van der Waals surface area contributed by atoms with Crippen molar-refractivity contribution >= 4 is 17.6 Å². The van der Waals surface area contributed by atoms with E-state index in [1.165, 1.54) is 18.1 Å². The van der Waals surface area contributed by atoms with Crippen LogP contribution >= 0.6 is 11.8 Å². The number of nitrogens with zero attached hydrogens (tertiary/aromatic N) is 5. The lowest BCUT2D eigenvalue weighted by Gasteiger charge is -2.04. The SMILES string of the molecule is CCCNc1cc(Sc2ncnn2C)ncn1. The van der Waals surface area contributed by atoms with Crippen LogP contribution in [0.15, 0.2) is 28.9 Å². The molecule has 0 spiro atoms. The monoisotopic (exact) mass is 250 g/mol. The van der Waals surface area contributed by atoms with Gasteiger partial charge in [-0.15, -0.1) is 0 Å². The fraction of sp³-hybridized carbons (Fsp3) is 0.400. The molecule has 0 bridgehead atoms. The van der Waals surface area contributed by atoms with Crippen LogP contribution in [0.4, 0.5) is 5.82 Å². The van der Waals surface area contributed by atoms with E-state index in [1.54, 1.807) is 11.0 Å². The van der Waals surface area contributed by atoms with Crippen molar-refractivity contribution in [2.45, 2.75) is 23.5 Å². The first kappa shape index (κ1) is 11.8. The van der Waals surface area contributed by atoms with Crippen molar-refractivity contribution in [2.24, 2.45) is 7.05 Å². The number of anilines is 1. The molecule has 1 N–H and O–H groups in total. The van der Waals surface area contributed by atoms with E-state index in [2.05, 4.69) is 32.3 Å². The first-order chi connectivity index (χ1) is 8.29. The average Bonchev–Trinajstić information content (AvgIpc) is 2.73.